The van der Waals surface area contributed by atoms with Crippen molar-refractivity contribution < 1.29 is 31.2 Å². The summed E-state index contributed by atoms with van der Waals surface area (Å²) in [6.45, 7) is 12.1. The molecular weight excluding hydrogens is 519 g/mol. The van der Waals surface area contributed by atoms with Crippen molar-refractivity contribution in [2.45, 2.75) is 52.9 Å². The predicted octanol–water partition coefficient (Wildman–Crippen LogP) is 3.10. The molecule has 0 aliphatic heterocycles. The third kappa shape index (κ3) is 5.96. The van der Waals surface area contributed by atoms with Crippen molar-refractivity contribution in [3.05, 3.63) is 95.6 Å². The van der Waals surface area contributed by atoms with Crippen LogP contribution in [0.1, 0.15) is 41.7 Å². The summed E-state index contributed by atoms with van der Waals surface area (Å²) in [5.74, 6) is 0.571. The van der Waals surface area contributed by atoms with Gasteiger partial charge in [-0.05, 0) is 83.5 Å². The molecule has 0 N–H and O–H groups in total. The summed E-state index contributed by atoms with van der Waals surface area (Å²) in [7, 11) is -3.90. The number of hydrogen-bond acceptors (Lipinski definition) is 3. The summed E-state index contributed by atoms with van der Waals surface area (Å²) >= 11 is -2.69. The molecule has 3 nitrogen and oxygen atoms in total. The Morgan fingerprint density at radius 1 is 0.774 bits per heavy atom. The standard InChI is InChI=1S/C26H31IO3S/c1-18(2)15-23-9-13-25(14-10-23)27(24-11-7-19(3)8-12-24)30-31(28,29)26-21(5)16-20(4)17-22(26)6/h7-14,16-18H,15H2,1-6H3/q+1. The summed E-state index contributed by atoms with van der Waals surface area (Å²) in [5.41, 5.74) is 4.89. The van der Waals surface area contributed by atoms with E-state index in [0.717, 1.165) is 35.8 Å². The Bertz CT molecular complexity index is 1130. The van der Waals surface area contributed by atoms with Crippen molar-refractivity contribution in [2.75, 3.05) is 0 Å². The molecule has 0 bridgehead atoms. The molecule has 0 amide bonds. The second-order valence-electron chi connectivity index (χ2n) is 8.51. The largest absolute Gasteiger partial charge is 0.336 e. The molecule has 0 aliphatic rings. The minimum absolute atomic E-state index is 0.295. The lowest BCUT2D eigenvalue weighted by Crippen LogP contribution is -3.85. The molecule has 3 aromatic rings. The zero-order chi connectivity index (χ0) is 22.8. The monoisotopic (exact) mass is 550 g/mol. The molecule has 0 saturated heterocycles. The average Bonchev–Trinajstić information content (AvgIpc) is 2.66. The van der Waals surface area contributed by atoms with Crippen molar-refractivity contribution >= 4 is 10.1 Å². The smallest absolute Gasteiger partial charge is 0.190 e. The van der Waals surface area contributed by atoms with Crippen LogP contribution in [0.3, 0.4) is 0 Å². The van der Waals surface area contributed by atoms with Gasteiger partial charge in [-0.2, -0.15) is 8.42 Å². The molecule has 3 rings (SSSR count). The van der Waals surface area contributed by atoms with Gasteiger partial charge in [0, 0.05) is 0 Å². The van der Waals surface area contributed by atoms with Gasteiger partial charge in [-0.15, -0.1) is 0 Å². The number of halogens is 1. The highest BCUT2D eigenvalue weighted by atomic mass is 127. The molecule has 0 atom stereocenters. The lowest BCUT2D eigenvalue weighted by Gasteiger charge is -2.12. The number of benzene rings is 3. The summed E-state index contributed by atoms with van der Waals surface area (Å²) in [6.07, 6.45) is 1.000. The quantitative estimate of drug-likeness (QED) is 0.425. The van der Waals surface area contributed by atoms with Crippen LogP contribution >= 0.6 is 0 Å². The molecule has 1 radical (unpaired) electrons. The highest BCUT2D eigenvalue weighted by Crippen LogP contribution is 2.22. The molecule has 5 heteroatoms. The Kier molecular flexibility index (Phi) is 7.60. The molecule has 0 heterocycles. The lowest BCUT2D eigenvalue weighted by molar-refractivity contribution is -1.03. The van der Waals surface area contributed by atoms with E-state index in [1.807, 2.05) is 76.2 Å². The van der Waals surface area contributed by atoms with Gasteiger partial charge < -0.3 is 0 Å². The van der Waals surface area contributed by atoms with Crippen molar-refractivity contribution in [3.8, 4) is 0 Å². The van der Waals surface area contributed by atoms with Crippen LogP contribution in [0.25, 0.3) is 0 Å². The van der Waals surface area contributed by atoms with Crippen LogP contribution in [-0.2, 0) is 19.1 Å². The van der Waals surface area contributed by atoms with Crippen LogP contribution in [-0.4, -0.2) is 8.42 Å². The van der Waals surface area contributed by atoms with Gasteiger partial charge in [0.2, 0.25) is 0 Å². The third-order valence-electron chi connectivity index (χ3n) is 4.97. The molecule has 0 aromatic heterocycles. The van der Waals surface area contributed by atoms with E-state index in [4.69, 9.17) is 2.51 Å². The van der Waals surface area contributed by atoms with Crippen molar-refractivity contribution in [1.82, 2.24) is 0 Å². The molecule has 0 fully saturated rings. The summed E-state index contributed by atoms with van der Waals surface area (Å²) in [6, 6.07) is 20.1. The highest BCUT2D eigenvalue weighted by Gasteiger charge is 2.39. The SMILES string of the molecule is Cc1ccc([I+](OS(=O)(=O)c2c(C)cc(C)cc2C)c2ccc(CC(C)C)cc2)cc1. The van der Waals surface area contributed by atoms with Gasteiger partial charge in [0.25, 0.3) is 0 Å². The van der Waals surface area contributed by atoms with Gasteiger partial charge in [-0.1, -0.05) is 61.4 Å². The third-order valence-corrected chi connectivity index (χ3v) is 12.6. The van der Waals surface area contributed by atoms with Crippen LogP contribution in [0.5, 0.6) is 0 Å². The Morgan fingerprint density at radius 2 is 1.26 bits per heavy atom. The molecule has 0 saturated carbocycles. The minimum atomic E-state index is -3.90. The van der Waals surface area contributed by atoms with Gasteiger partial charge in [0.1, 0.15) is 4.90 Å². The Morgan fingerprint density at radius 3 is 1.74 bits per heavy atom. The second kappa shape index (κ2) is 9.84. The zero-order valence-corrected chi connectivity index (χ0v) is 22.0. The molecule has 3 aromatic carbocycles. The maximum absolute atomic E-state index is 13.4. The Labute approximate surface area is 194 Å². The molecular formula is C26H31IO3S+. The van der Waals surface area contributed by atoms with Crippen molar-refractivity contribution in [3.63, 3.8) is 0 Å². The second-order valence-corrected chi connectivity index (χ2v) is 14.9. The normalized spacial score (nSPS) is 12.0. The first kappa shape index (κ1) is 24.0. The zero-order valence-electron chi connectivity index (χ0n) is 19.1. The van der Waals surface area contributed by atoms with Crippen molar-refractivity contribution in [1.29, 1.82) is 0 Å². The van der Waals surface area contributed by atoms with E-state index < -0.39 is 30.4 Å². The topological polar surface area (TPSA) is 43.4 Å². The minimum Gasteiger partial charge on any atom is -0.190 e. The summed E-state index contributed by atoms with van der Waals surface area (Å²) < 4.78 is 34.9. The van der Waals surface area contributed by atoms with Gasteiger partial charge in [0.05, 0.1) is 0 Å². The van der Waals surface area contributed by atoms with E-state index in [2.05, 4.69) is 26.0 Å². The first-order valence-corrected chi connectivity index (χ1v) is 14.9. The fourth-order valence-corrected chi connectivity index (χ4v) is 11.0. The number of rotatable bonds is 7. The average molecular weight is 551 g/mol. The maximum Gasteiger partial charge on any atom is 0.336 e. The first-order valence-electron chi connectivity index (χ1n) is 10.5. The fraction of sp³-hybridized carbons (Fsp3) is 0.308. The predicted molar refractivity (Wildman–Crippen MR) is 122 cm³/mol. The summed E-state index contributed by atoms with van der Waals surface area (Å²) in [4.78, 5) is 0.295. The highest BCUT2D eigenvalue weighted by molar-refractivity contribution is 7.86. The molecule has 31 heavy (non-hydrogen) atoms. The molecule has 0 spiro atoms. The van der Waals surface area contributed by atoms with Crippen LogP contribution in [0.2, 0.25) is 0 Å². The fourth-order valence-electron chi connectivity index (χ4n) is 3.73. The van der Waals surface area contributed by atoms with E-state index in [1.54, 1.807) is 0 Å². The van der Waals surface area contributed by atoms with Gasteiger partial charge in [0.15, 0.2) is 7.14 Å². The van der Waals surface area contributed by atoms with Crippen LogP contribution < -0.4 is 20.2 Å². The molecule has 0 unspecified atom stereocenters. The van der Waals surface area contributed by atoms with E-state index >= 15 is 0 Å². The lowest BCUT2D eigenvalue weighted by atomic mass is 10.0. The first-order chi connectivity index (χ1) is 14.6. The van der Waals surface area contributed by atoms with E-state index in [1.165, 1.54) is 5.56 Å². The Hall–Kier alpha value is -1.70. The van der Waals surface area contributed by atoms with Crippen LogP contribution in [0, 0.1) is 40.8 Å². The molecule has 165 valence electrons. The van der Waals surface area contributed by atoms with Crippen molar-refractivity contribution in [2.24, 2.45) is 5.92 Å². The Balaban J connectivity index is 2.04. The number of hydrogen-bond donors (Lipinski definition) is 0. The van der Waals surface area contributed by atoms with Gasteiger partial charge in [-0.3, -0.25) is 0 Å². The van der Waals surface area contributed by atoms with Crippen LogP contribution in [0.4, 0.5) is 0 Å². The van der Waals surface area contributed by atoms with E-state index in [-0.39, 0.29) is 0 Å². The van der Waals surface area contributed by atoms with Crippen LogP contribution in [0.15, 0.2) is 65.6 Å². The molecule has 0 aliphatic carbocycles. The van der Waals surface area contributed by atoms with E-state index in [9.17, 15) is 8.42 Å². The number of aryl methyl sites for hydroxylation is 4. The summed E-state index contributed by atoms with van der Waals surface area (Å²) in [5, 5.41) is 0. The van der Waals surface area contributed by atoms with E-state index in [0.29, 0.717) is 10.8 Å². The maximum atomic E-state index is 13.4. The van der Waals surface area contributed by atoms with Gasteiger partial charge >= 0.3 is 30.4 Å². The van der Waals surface area contributed by atoms with Gasteiger partial charge in [-0.25, -0.2) is 0 Å².